The Morgan fingerprint density at radius 1 is 1.29 bits per heavy atom. The molecule has 1 aromatic heterocycles. The van der Waals surface area contributed by atoms with E-state index in [0.717, 1.165) is 5.56 Å². The van der Waals surface area contributed by atoms with Crippen LogP contribution in [0.25, 0.3) is 5.57 Å². The first-order chi connectivity index (χ1) is 6.79. The van der Waals surface area contributed by atoms with Gasteiger partial charge in [-0.2, -0.15) is 0 Å². The third-order valence-corrected chi connectivity index (χ3v) is 2.22. The van der Waals surface area contributed by atoms with Crippen molar-refractivity contribution in [2.24, 2.45) is 0 Å². The zero-order valence-corrected chi connectivity index (χ0v) is 7.54. The highest BCUT2D eigenvalue weighted by atomic mass is 16.3. The maximum absolute atomic E-state index is 9.69. The molecule has 1 heterocycles. The van der Waals surface area contributed by atoms with Gasteiger partial charge in [-0.25, -0.2) is 0 Å². The first-order valence-electron chi connectivity index (χ1n) is 4.44. The van der Waals surface area contributed by atoms with Crippen LogP contribution in [0.3, 0.4) is 0 Å². The minimum absolute atomic E-state index is 0.702. The lowest BCUT2D eigenvalue weighted by atomic mass is 9.94. The average molecular weight is 189 g/mol. The zero-order chi connectivity index (χ0) is 9.97. The largest absolute Gasteiger partial charge is 0.386 e. The second kappa shape index (κ2) is 3.74. The smallest absolute Gasteiger partial charge is 0.109 e. The molecular formula is C11H11NO2. The van der Waals surface area contributed by atoms with E-state index in [4.69, 9.17) is 0 Å². The highest BCUT2D eigenvalue weighted by Crippen LogP contribution is 2.23. The van der Waals surface area contributed by atoms with E-state index in [2.05, 4.69) is 4.98 Å². The van der Waals surface area contributed by atoms with Crippen molar-refractivity contribution in [1.29, 1.82) is 0 Å². The van der Waals surface area contributed by atoms with Crippen LogP contribution in [0.1, 0.15) is 5.56 Å². The topological polar surface area (TPSA) is 53.4 Å². The van der Waals surface area contributed by atoms with E-state index in [1.807, 2.05) is 6.07 Å². The lowest BCUT2D eigenvalue weighted by molar-refractivity contribution is 0.0859. The third kappa shape index (κ3) is 1.60. The van der Waals surface area contributed by atoms with Gasteiger partial charge in [-0.1, -0.05) is 24.3 Å². The number of allylic oxidation sites excluding steroid dienone is 2. The summed E-state index contributed by atoms with van der Waals surface area (Å²) in [7, 11) is 0. The molecule has 0 aromatic carbocycles. The molecule has 0 saturated carbocycles. The normalized spacial score (nSPS) is 26.0. The van der Waals surface area contributed by atoms with E-state index in [1.54, 1.807) is 36.7 Å². The molecule has 1 aromatic rings. The molecule has 1 aliphatic carbocycles. The molecule has 0 aliphatic heterocycles. The molecule has 0 unspecified atom stereocenters. The summed E-state index contributed by atoms with van der Waals surface area (Å²) in [5.74, 6) is 0. The monoisotopic (exact) mass is 189 g/mol. The first kappa shape index (κ1) is 9.12. The molecule has 0 radical (unpaired) electrons. The first-order valence-corrected chi connectivity index (χ1v) is 4.44. The molecule has 2 atom stereocenters. The third-order valence-electron chi connectivity index (χ3n) is 2.22. The Bertz CT molecular complexity index is 370. The van der Waals surface area contributed by atoms with E-state index >= 15 is 0 Å². The maximum atomic E-state index is 9.69. The summed E-state index contributed by atoms with van der Waals surface area (Å²) in [5.41, 5.74) is 1.54. The van der Waals surface area contributed by atoms with Crippen LogP contribution in [0.5, 0.6) is 0 Å². The van der Waals surface area contributed by atoms with Crippen LogP contribution in [0.4, 0.5) is 0 Å². The summed E-state index contributed by atoms with van der Waals surface area (Å²) in [5, 5.41) is 19.1. The molecule has 2 rings (SSSR count). The maximum Gasteiger partial charge on any atom is 0.109 e. The molecule has 0 fully saturated rings. The molecular weight excluding hydrogens is 178 g/mol. The number of aromatic nitrogens is 1. The van der Waals surface area contributed by atoms with Crippen molar-refractivity contribution in [3.63, 3.8) is 0 Å². The fraction of sp³-hybridized carbons (Fsp3) is 0.182. The molecule has 72 valence electrons. The molecule has 3 heteroatoms. The molecule has 1 aliphatic rings. The average Bonchev–Trinajstić information content (AvgIpc) is 2.23. The van der Waals surface area contributed by atoms with Crippen molar-refractivity contribution in [3.8, 4) is 0 Å². The van der Waals surface area contributed by atoms with E-state index < -0.39 is 12.2 Å². The van der Waals surface area contributed by atoms with Crippen molar-refractivity contribution in [1.82, 2.24) is 4.98 Å². The lowest BCUT2D eigenvalue weighted by Gasteiger charge is -2.20. The summed E-state index contributed by atoms with van der Waals surface area (Å²) >= 11 is 0. The van der Waals surface area contributed by atoms with Gasteiger partial charge in [0.15, 0.2) is 0 Å². The van der Waals surface area contributed by atoms with E-state index in [0.29, 0.717) is 5.57 Å². The van der Waals surface area contributed by atoms with Gasteiger partial charge in [-0.3, -0.25) is 4.98 Å². The van der Waals surface area contributed by atoms with Crippen LogP contribution in [-0.2, 0) is 0 Å². The van der Waals surface area contributed by atoms with Gasteiger partial charge >= 0.3 is 0 Å². The minimum Gasteiger partial charge on any atom is -0.386 e. The van der Waals surface area contributed by atoms with Crippen molar-refractivity contribution >= 4 is 5.57 Å². The Hall–Kier alpha value is -1.45. The van der Waals surface area contributed by atoms with Crippen molar-refractivity contribution in [2.75, 3.05) is 0 Å². The van der Waals surface area contributed by atoms with Crippen LogP contribution in [0, 0.1) is 0 Å². The molecule has 2 N–H and O–H groups in total. The second-order valence-corrected chi connectivity index (χ2v) is 3.18. The van der Waals surface area contributed by atoms with E-state index in [-0.39, 0.29) is 0 Å². The van der Waals surface area contributed by atoms with Gasteiger partial charge in [0, 0.05) is 12.4 Å². The SMILES string of the molecule is O[C@H]1C=CC=C(c2cccnc2)[C@@H]1O. The highest BCUT2D eigenvalue weighted by Gasteiger charge is 2.21. The molecule has 0 spiro atoms. The van der Waals surface area contributed by atoms with Crippen molar-refractivity contribution < 1.29 is 10.2 Å². The fourth-order valence-electron chi connectivity index (χ4n) is 1.46. The van der Waals surface area contributed by atoms with Gasteiger partial charge in [-0.15, -0.1) is 0 Å². The van der Waals surface area contributed by atoms with Gasteiger partial charge in [0.05, 0.1) is 0 Å². The van der Waals surface area contributed by atoms with Crippen LogP contribution >= 0.6 is 0 Å². The second-order valence-electron chi connectivity index (χ2n) is 3.18. The van der Waals surface area contributed by atoms with Crippen molar-refractivity contribution in [2.45, 2.75) is 12.2 Å². The molecule has 14 heavy (non-hydrogen) atoms. The lowest BCUT2D eigenvalue weighted by Crippen LogP contribution is -2.26. The van der Waals surface area contributed by atoms with Gasteiger partial charge < -0.3 is 10.2 Å². The Morgan fingerprint density at radius 2 is 2.14 bits per heavy atom. The van der Waals surface area contributed by atoms with Crippen LogP contribution in [-0.4, -0.2) is 27.4 Å². The predicted octanol–water partition coefficient (Wildman–Crippen LogP) is 0.757. The number of hydrogen-bond acceptors (Lipinski definition) is 3. The summed E-state index contributed by atoms with van der Waals surface area (Å²) in [6.07, 6.45) is 6.74. The number of aliphatic hydroxyl groups is 2. The van der Waals surface area contributed by atoms with Crippen LogP contribution in [0.15, 0.2) is 42.8 Å². The van der Waals surface area contributed by atoms with Gasteiger partial charge in [-0.05, 0) is 17.2 Å². The van der Waals surface area contributed by atoms with Gasteiger partial charge in [0.25, 0.3) is 0 Å². The molecule has 3 nitrogen and oxygen atoms in total. The molecule has 0 saturated heterocycles. The standard InChI is InChI=1S/C11H11NO2/c13-10-5-1-4-9(11(10)14)8-3-2-6-12-7-8/h1-7,10-11,13-14H/t10-,11-/m0/s1. The summed E-state index contributed by atoms with van der Waals surface area (Å²) in [6, 6.07) is 3.65. The Kier molecular flexibility index (Phi) is 2.43. The number of nitrogens with zero attached hydrogens (tertiary/aromatic N) is 1. The summed E-state index contributed by atoms with van der Waals surface area (Å²) in [6.45, 7) is 0. The number of pyridine rings is 1. The van der Waals surface area contributed by atoms with Gasteiger partial charge in [0.1, 0.15) is 12.2 Å². The number of rotatable bonds is 1. The Labute approximate surface area is 82.0 Å². The van der Waals surface area contributed by atoms with Gasteiger partial charge in [0.2, 0.25) is 0 Å². The van der Waals surface area contributed by atoms with Crippen molar-refractivity contribution in [3.05, 3.63) is 48.3 Å². The highest BCUT2D eigenvalue weighted by molar-refractivity contribution is 5.71. The van der Waals surface area contributed by atoms with Crippen LogP contribution < -0.4 is 0 Å². The number of hydrogen-bond donors (Lipinski definition) is 2. The minimum atomic E-state index is -0.857. The predicted molar refractivity (Wildman–Crippen MR) is 53.4 cm³/mol. The van der Waals surface area contributed by atoms with E-state index in [9.17, 15) is 10.2 Å². The summed E-state index contributed by atoms with van der Waals surface area (Å²) < 4.78 is 0. The molecule has 0 bridgehead atoms. The Morgan fingerprint density at radius 3 is 2.86 bits per heavy atom. The Balaban J connectivity index is 2.35. The van der Waals surface area contributed by atoms with Crippen LogP contribution in [0.2, 0.25) is 0 Å². The van der Waals surface area contributed by atoms with E-state index in [1.165, 1.54) is 0 Å². The quantitative estimate of drug-likeness (QED) is 0.685. The molecule has 0 amide bonds. The summed E-state index contributed by atoms with van der Waals surface area (Å²) in [4.78, 5) is 3.96. The number of aliphatic hydroxyl groups excluding tert-OH is 2. The zero-order valence-electron chi connectivity index (χ0n) is 7.54. The fourth-order valence-corrected chi connectivity index (χ4v) is 1.46.